The van der Waals surface area contributed by atoms with Crippen molar-refractivity contribution in [1.29, 1.82) is 0 Å². The fourth-order valence-corrected chi connectivity index (χ4v) is 3.14. The van der Waals surface area contributed by atoms with Crippen molar-refractivity contribution in [2.75, 3.05) is 6.61 Å². The van der Waals surface area contributed by atoms with E-state index in [-0.39, 0.29) is 5.97 Å². The highest BCUT2D eigenvalue weighted by Gasteiger charge is 2.15. The van der Waals surface area contributed by atoms with Gasteiger partial charge in [-0.15, -0.1) is 11.3 Å². The van der Waals surface area contributed by atoms with Crippen molar-refractivity contribution in [1.82, 2.24) is 4.98 Å². The van der Waals surface area contributed by atoms with Crippen molar-refractivity contribution in [3.63, 3.8) is 0 Å². The summed E-state index contributed by atoms with van der Waals surface area (Å²) >= 11 is 1.69. The standard InChI is InChI=1S/C12H17NO2S/c1-2-15-12(14)8-11-13-9-6-4-3-5-7-10(9)16-11/h2-8H2,1H3. The fraction of sp³-hybridized carbons (Fsp3) is 0.667. The van der Waals surface area contributed by atoms with Gasteiger partial charge in [-0.25, -0.2) is 4.98 Å². The maximum absolute atomic E-state index is 11.3. The van der Waals surface area contributed by atoms with Gasteiger partial charge in [0.05, 0.1) is 18.7 Å². The Morgan fingerprint density at radius 2 is 2.19 bits per heavy atom. The molecule has 88 valence electrons. The van der Waals surface area contributed by atoms with Gasteiger partial charge in [-0.05, 0) is 32.6 Å². The van der Waals surface area contributed by atoms with Crippen LogP contribution in [0.3, 0.4) is 0 Å². The van der Waals surface area contributed by atoms with Crippen molar-refractivity contribution >= 4 is 17.3 Å². The van der Waals surface area contributed by atoms with E-state index in [9.17, 15) is 4.79 Å². The maximum Gasteiger partial charge on any atom is 0.312 e. The predicted octanol–water partition coefficient (Wildman–Crippen LogP) is 2.52. The number of aryl methyl sites for hydroxylation is 2. The number of esters is 1. The Morgan fingerprint density at radius 3 is 3.00 bits per heavy atom. The molecule has 3 nitrogen and oxygen atoms in total. The van der Waals surface area contributed by atoms with Crippen LogP contribution in [0.2, 0.25) is 0 Å². The van der Waals surface area contributed by atoms with Crippen molar-refractivity contribution in [2.24, 2.45) is 0 Å². The van der Waals surface area contributed by atoms with Crippen molar-refractivity contribution in [3.8, 4) is 0 Å². The molecule has 0 saturated heterocycles. The summed E-state index contributed by atoms with van der Waals surface area (Å²) in [5.74, 6) is -0.161. The van der Waals surface area contributed by atoms with Crippen molar-refractivity contribution < 1.29 is 9.53 Å². The first-order chi connectivity index (χ1) is 7.79. The Balaban J connectivity index is 2.03. The molecule has 0 amide bonds. The van der Waals surface area contributed by atoms with Gasteiger partial charge in [-0.1, -0.05) is 6.42 Å². The van der Waals surface area contributed by atoms with Crippen molar-refractivity contribution in [3.05, 3.63) is 15.6 Å². The fourth-order valence-electron chi connectivity index (χ4n) is 1.99. The summed E-state index contributed by atoms with van der Waals surface area (Å²) in [4.78, 5) is 17.3. The number of thiazole rings is 1. The number of carbonyl (C=O) groups is 1. The summed E-state index contributed by atoms with van der Waals surface area (Å²) in [5, 5.41) is 0.922. The summed E-state index contributed by atoms with van der Waals surface area (Å²) in [6.45, 7) is 2.28. The molecule has 1 heterocycles. The third kappa shape index (κ3) is 2.82. The number of hydrogen-bond donors (Lipinski definition) is 0. The largest absolute Gasteiger partial charge is 0.466 e. The molecule has 0 fully saturated rings. The number of hydrogen-bond acceptors (Lipinski definition) is 4. The minimum atomic E-state index is -0.161. The minimum Gasteiger partial charge on any atom is -0.466 e. The Bertz CT molecular complexity index is 350. The van der Waals surface area contributed by atoms with E-state index in [1.165, 1.54) is 29.8 Å². The zero-order valence-corrected chi connectivity index (χ0v) is 10.4. The number of aromatic nitrogens is 1. The van der Waals surface area contributed by atoms with Crippen LogP contribution in [-0.4, -0.2) is 17.6 Å². The van der Waals surface area contributed by atoms with Crippen LogP contribution in [0.25, 0.3) is 0 Å². The molecule has 16 heavy (non-hydrogen) atoms. The molecule has 0 N–H and O–H groups in total. The molecule has 4 heteroatoms. The number of fused-ring (bicyclic) bond motifs is 1. The van der Waals surface area contributed by atoms with Gasteiger partial charge in [0.2, 0.25) is 0 Å². The van der Waals surface area contributed by atoms with E-state index < -0.39 is 0 Å². The molecule has 1 aromatic heterocycles. The molecule has 0 spiro atoms. The first-order valence-electron chi connectivity index (χ1n) is 5.92. The zero-order valence-electron chi connectivity index (χ0n) is 9.62. The van der Waals surface area contributed by atoms with Crippen LogP contribution >= 0.6 is 11.3 Å². The maximum atomic E-state index is 11.3. The highest BCUT2D eigenvalue weighted by Crippen LogP contribution is 2.26. The van der Waals surface area contributed by atoms with Crippen LogP contribution in [0, 0.1) is 0 Å². The number of ether oxygens (including phenoxy) is 1. The number of carbonyl (C=O) groups excluding carboxylic acids is 1. The van der Waals surface area contributed by atoms with E-state index >= 15 is 0 Å². The summed E-state index contributed by atoms with van der Waals surface area (Å²) in [7, 11) is 0. The molecule has 0 atom stereocenters. The smallest absolute Gasteiger partial charge is 0.312 e. The Hall–Kier alpha value is -0.900. The molecule has 0 aliphatic heterocycles. The van der Waals surface area contributed by atoms with Crippen LogP contribution in [0.4, 0.5) is 0 Å². The molecule has 0 radical (unpaired) electrons. The Labute approximate surface area is 99.8 Å². The zero-order chi connectivity index (χ0) is 11.4. The predicted molar refractivity (Wildman–Crippen MR) is 63.7 cm³/mol. The molecule has 1 aromatic rings. The highest BCUT2D eigenvalue weighted by molar-refractivity contribution is 7.11. The van der Waals surface area contributed by atoms with Gasteiger partial charge < -0.3 is 4.74 Å². The van der Waals surface area contributed by atoms with E-state index in [2.05, 4.69) is 4.98 Å². The Kier molecular flexibility index (Phi) is 3.93. The summed E-state index contributed by atoms with van der Waals surface area (Å²) < 4.78 is 4.93. The van der Waals surface area contributed by atoms with Gasteiger partial charge in [-0.3, -0.25) is 4.79 Å². The first kappa shape index (κ1) is 11.6. The second-order valence-electron chi connectivity index (χ2n) is 4.02. The second-order valence-corrected chi connectivity index (χ2v) is 5.19. The van der Waals surface area contributed by atoms with E-state index in [0.717, 1.165) is 17.8 Å². The molecule has 0 bridgehead atoms. The minimum absolute atomic E-state index is 0.161. The van der Waals surface area contributed by atoms with Crippen LogP contribution in [0.15, 0.2) is 0 Å². The third-order valence-electron chi connectivity index (χ3n) is 2.74. The topological polar surface area (TPSA) is 39.2 Å². The lowest BCUT2D eigenvalue weighted by Crippen LogP contribution is -2.07. The van der Waals surface area contributed by atoms with E-state index in [0.29, 0.717) is 13.0 Å². The molecule has 0 unspecified atom stereocenters. The van der Waals surface area contributed by atoms with Gasteiger partial charge in [0.1, 0.15) is 5.01 Å². The van der Waals surface area contributed by atoms with Crippen LogP contribution < -0.4 is 0 Å². The molecule has 2 rings (SSSR count). The summed E-state index contributed by atoms with van der Waals surface area (Å²) in [6.07, 6.45) is 6.34. The van der Waals surface area contributed by atoms with Crippen LogP contribution in [0.1, 0.15) is 41.8 Å². The average Bonchev–Trinajstić information content (AvgIpc) is 2.48. The second kappa shape index (κ2) is 5.43. The highest BCUT2D eigenvalue weighted by atomic mass is 32.1. The summed E-state index contributed by atoms with van der Waals surface area (Å²) in [6, 6.07) is 0. The quantitative estimate of drug-likeness (QED) is 0.601. The lowest BCUT2D eigenvalue weighted by molar-refractivity contribution is -0.142. The molecule has 0 aromatic carbocycles. The Morgan fingerprint density at radius 1 is 1.38 bits per heavy atom. The normalized spacial score (nSPS) is 15.3. The van der Waals surface area contributed by atoms with Gasteiger partial charge >= 0.3 is 5.97 Å². The molecule has 0 saturated carbocycles. The van der Waals surface area contributed by atoms with Crippen molar-refractivity contribution in [2.45, 2.75) is 45.4 Å². The van der Waals surface area contributed by atoms with E-state index in [1.54, 1.807) is 11.3 Å². The molecular weight excluding hydrogens is 222 g/mol. The monoisotopic (exact) mass is 239 g/mol. The lowest BCUT2D eigenvalue weighted by Gasteiger charge is -1.98. The van der Waals surface area contributed by atoms with Gasteiger partial charge in [0.15, 0.2) is 0 Å². The molecule has 1 aliphatic rings. The van der Waals surface area contributed by atoms with E-state index in [1.807, 2.05) is 6.92 Å². The van der Waals surface area contributed by atoms with Gasteiger partial charge in [-0.2, -0.15) is 0 Å². The van der Waals surface area contributed by atoms with E-state index in [4.69, 9.17) is 4.74 Å². The number of nitrogens with zero attached hydrogens (tertiary/aromatic N) is 1. The average molecular weight is 239 g/mol. The molecule has 1 aliphatic carbocycles. The van der Waals surface area contributed by atoms with Gasteiger partial charge in [0.25, 0.3) is 0 Å². The van der Waals surface area contributed by atoms with Crippen LogP contribution in [0.5, 0.6) is 0 Å². The van der Waals surface area contributed by atoms with Gasteiger partial charge in [0, 0.05) is 4.88 Å². The SMILES string of the molecule is CCOC(=O)Cc1nc2c(s1)CCCCC2. The first-order valence-corrected chi connectivity index (χ1v) is 6.74. The third-order valence-corrected chi connectivity index (χ3v) is 3.90. The van der Waals surface area contributed by atoms with Crippen LogP contribution in [-0.2, 0) is 28.8 Å². The summed E-state index contributed by atoms with van der Waals surface area (Å²) in [5.41, 5.74) is 1.22. The molecular formula is C12H17NO2S. The lowest BCUT2D eigenvalue weighted by atomic mass is 10.2. The number of rotatable bonds is 3.